The van der Waals surface area contributed by atoms with Crippen molar-refractivity contribution in [2.45, 2.75) is 76.4 Å². The first-order valence-corrected chi connectivity index (χ1v) is 8.85. The molecule has 112 valence electrons. The van der Waals surface area contributed by atoms with Crippen LogP contribution in [0.1, 0.15) is 64.2 Å². The van der Waals surface area contributed by atoms with E-state index in [0.29, 0.717) is 12.2 Å². The topological polar surface area (TPSA) is 18.5 Å². The van der Waals surface area contributed by atoms with Crippen molar-refractivity contribution in [1.29, 1.82) is 0 Å². The van der Waals surface area contributed by atoms with Crippen molar-refractivity contribution in [2.75, 3.05) is 6.61 Å². The van der Waals surface area contributed by atoms with Gasteiger partial charge >= 0.3 is 0 Å². The minimum Gasteiger partial charge on any atom is -0.501 e. The van der Waals surface area contributed by atoms with E-state index in [1.165, 1.54) is 64.2 Å². The molecule has 5 atom stereocenters. The molecule has 2 heterocycles. The quantitative estimate of drug-likeness (QED) is 0.709. The molecule has 4 aliphatic rings. The second kappa shape index (κ2) is 5.71. The Bertz CT molecular complexity index is 368. The highest BCUT2D eigenvalue weighted by Crippen LogP contribution is 2.51. The highest BCUT2D eigenvalue weighted by molar-refractivity contribution is 5.01. The molecule has 4 fully saturated rings. The summed E-state index contributed by atoms with van der Waals surface area (Å²) in [7, 11) is 0. The van der Waals surface area contributed by atoms with Gasteiger partial charge in [0.1, 0.15) is 0 Å². The molecule has 2 saturated heterocycles. The lowest BCUT2D eigenvalue weighted by Crippen LogP contribution is -2.34. The Morgan fingerprint density at radius 1 is 0.950 bits per heavy atom. The van der Waals surface area contributed by atoms with E-state index >= 15 is 0 Å². The number of allylic oxidation sites excluding steroid dienone is 1. The zero-order valence-corrected chi connectivity index (χ0v) is 12.6. The lowest BCUT2D eigenvalue weighted by Gasteiger charge is -2.36. The molecule has 0 aromatic rings. The van der Waals surface area contributed by atoms with Crippen molar-refractivity contribution >= 4 is 0 Å². The minimum absolute atomic E-state index is 0.601. The third-order valence-corrected chi connectivity index (χ3v) is 6.18. The number of fused-ring (bicyclic) bond motifs is 5. The van der Waals surface area contributed by atoms with Crippen LogP contribution in [0.4, 0.5) is 0 Å². The molecular formula is C18H28O2. The van der Waals surface area contributed by atoms with Crippen molar-refractivity contribution in [2.24, 2.45) is 17.8 Å². The third kappa shape index (κ3) is 2.52. The van der Waals surface area contributed by atoms with Gasteiger partial charge in [0, 0.05) is 0 Å². The maximum atomic E-state index is 6.11. The van der Waals surface area contributed by atoms with E-state index in [1.807, 2.05) is 0 Å². The Kier molecular flexibility index (Phi) is 3.76. The summed E-state index contributed by atoms with van der Waals surface area (Å²) < 4.78 is 12.1. The summed E-state index contributed by atoms with van der Waals surface area (Å²) in [6.45, 7) is 0.949. The van der Waals surface area contributed by atoms with Crippen molar-refractivity contribution in [3.05, 3.63) is 11.8 Å². The molecule has 2 bridgehead atoms. The predicted molar refractivity (Wildman–Crippen MR) is 79.3 cm³/mol. The van der Waals surface area contributed by atoms with Gasteiger partial charge in [0.25, 0.3) is 0 Å². The average molecular weight is 276 g/mol. The average Bonchev–Trinajstić information content (AvgIpc) is 3.10. The molecule has 0 spiro atoms. The zero-order valence-electron chi connectivity index (χ0n) is 12.6. The SMILES string of the molecule is C(OCC1CCC2C3CCC(O3)C2C1)=C1CCCCC1. The predicted octanol–water partition coefficient (Wildman–Crippen LogP) is 4.44. The van der Waals surface area contributed by atoms with Crippen LogP contribution in [0.15, 0.2) is 11.8 Å². The van der Waals surface area contributed by atoms with E-state index in [1.54, 1.807) is 5.57 Å². The Labute approximate surface area is 122 Å². The zero-order chi connectivity index (χ0) is 13.4. The highest BCUT2D eigenvalue weighted by atomic mass is 16.5. The molecule has 4 rings (SSSR count). The largest absolute Gasteiger partial charge is 0.501 e. The summed E-state index contributed by atoms with van der Waals surface area (Å²) in [6, 6.07) is 0. The second-order valence-electron chi connectivity index (χ2n) is 7.47. The van der Waals surface area contributed by atoms with Crippen LogP contribution in [-0.2, 0) is 9.47 Å². The van der Waals surface area contributed by atoms with Gasteiger partial charge in [-0.1, -0.05) is 6.42 Å². The first-order chi connectivity index (χ1) is 9.90. The molecule has 5 unspecified atom stereocenters. The van der Waals surface area contributed by atoms with Crippen molar-refractivity contribution in [1.82, 2.24) is 0 Å². The summed E-state index contributed by atoms with van der Waals surface area (Å²) >= 11 is 0. The lowest BCUT2D eigenvalue weighted by molar-refractivity contribution is 0.0848. The summed E-state index contributed by atoms with van der Waals surface area (Å²) in [6.07, 6.45) is 16.8. The summed E-state index contributed by atoms with van der Waals surface area (Å²) in [4.78, 5) is 0. The smallest absolute Gasteiger partial charge is 0.0901 e. The molecule has 2 saturated carbocycles. The normalized spacial score (nSPS) is 43.4. The van der Waals surface area contributed by atoms with Gasteiger partial charge in [-0.25, -0.2) is 0 Å². The van der Waals surface area contributed by atoms with Gasteiger partial charge in [0.15, 0.2) is 0 Å². The van der Waals surface area contributed by atoms with E-state index < -0.39 is 0 Å². The van der Waals surface area contributed by atoms with Crippen LogP contribution in [0.2, 0.25) is 0 Å². The fraction of sp³-hybridized carbons (Fsp3) is 0.889. The maximum Gasteiger partial charge on any atom is 0.0901 e. The molecule has 2 aliphatic heterocycles. The van der Waals surface area contributed by atoms with Gasteiger partial charge in [-0.2, -0.15) is 0 Å². The van der Waals surface area contributed by atoms with Crippen LogP contribution >= 0.6 is 0 Å². The van der Waals surface area contributed by atoms with Gasteiger partial charge < -0.3 is 9.47 Å². The number of rotatable bonds is 3. The van der Waals surface area contributed by atoms with E-state index in [-0.39, 0.29) is 0 Å². The summed E-state index contributed by atoms with van der Waals surface area (Å²) in [5.74, 6) is 2.53. The minimum atomic E-state index is 0.601. The van der Waals surface area contributed by atoms with Crippen molar-refractivity contribution in [3.63, 3.8) is 0 Å². The van der Waals surface area contributed by atoms with Gasteiger partial charge in [-0.15, -0.1) is 0 Å². The third-order valence-electron chi connectivity index (χ3n) is 6.18. The molecule has 0 aromatic carbocycles. The van der Waals surface area contributed by atoms with E-state index in [9.17, 15) is 0 Å². The monoisotopic (exact) mass is 276 g/mol. The molecule has 0 aromatic heterocycles. The van der Waals surface area contributed by atoms with E-state index in [0.717, 1.165) is 24.4 Å². The molecule has 2 nitrogen and oxygen atoms in total. The molecule has 0 amide bonds. The number of ether oxygens (including phenoxy) is 2. The lowest BCUT2D eigenvalue weighted by atomic mass is 9.68. The fourth-order valence-electron chi connectivity index (χ4n) is 5.11. The molecule has 0 N–H and O–H groups in total. The first-order valence-electron chi connectivity index (χ1n) is 8.85. The van der Waals surface area contributed by atoms with Crippen LogP contribution in [0.25, 0.3) is 0 Å². The van der Waals surface area contributed by atoms with Crippen molar-refractivity contribution < 1.29 is 9.47 Å². The highest BCUT2D eigenvalue weighted by Gasteiger charge is 2.50. The molecular weight excluding hydrogens is 248 g/mol. The fourth-order valence-corrected chi connectivity index (χ4v) is 5.11. The van der Waals surface area contributed by atoms with E-state index in [2.05, 4.69) is 6.26 Å². The number of hydrogen-bond acceptors (Lipinski definition) is 2. The summed E-state index contributed by atoms with van der Waals surface area (Å²) in [5.41, 5.74) is 1.55. The Morgan fingerprint density at radius 2 is 1.75 bits per heavy atom. The van der Waals surface area contributed by atoms with Crippen LogP contribution in [-0.4, -0.2) is 18.8 Å². The molecule has 2 heteroatoms. The Hall–Kier alpha value is -0.500. The van der Waals surface area contributed by atoms with Gasteiger partial charge in [0.05, 0.1) is 25.1 Å². The molecule has 2 aliphatic carbocycles. The van der Waals surface area contributed by atoms with Crippen LogP contribution in [0, 0.1) is 17.8 Å². The van der Waals surface area contributed by atoms with Gasteiger partial charge in [-0.05, 0) is 81.1 Å². The Balaban J connectivity index is 1.26. The van der Waals surface area contributed by atoms with Gasteiger partial charge in [0.2, 0.25) is 0 Å². The van der Waals surface area contributed by atoms with E-state index in [4.69, 9.17) is 9.47 Å². The van der Waals surface area contributed by atoms with Gasteiger partial charge in [-0.3, -0.25) is 0 Å². The number of hydrogen-bond donors (Lipinski definition) is 0. The van der Waals surface area contributed by atoms with Crippen molar-refractivity contribution in [3.8, 4) is 0 Å². The second-order valence-corrected chi connectivity index (χ2v) is 7.47. The van der Waals surface area contributed by atoms with Crippen LogP contribution in [0.3, 0.4) is 0 Å². The first kappa shape index (κ1) is 13.2. The van der Waals surface area contributed by atoms with Crippen LogP contribution in [0.5, 0.6) is 0 Å². The van der Waals surface area contributed by atoms with Crippen LogP contribution < -0.4 is 0 Å². The Morgan fingerprint density at radius 3 is 2.60 bits per heavy atom. The maximum absolute atomic E-state index is 6.11. The molecule has 20 heavy (non-hydrogen) atoms. The standard InChI is InChI=1S/C18H28O2/c1-2-4-13(5-3-1)11-19-12-14-6-7-15-16(10-14)18-9-8-17(15)20-18/h11,14-18H,1-10,12H2. The summed E-state index contributed by atoms with van der Waals surface area (Å²) in [5, 5.41) is 0. The molecule has 0 radical (unpaired) electrons.